The van der Waals surface area contributed by atoms with Gasteiger partial charge in [-0.25, -0.2) is 4.79 Å². The number of esters is 1. The zero-order valence-corrected chi connectivity index (χ0v) is 15.3. The van der Waals surface area contributed by atoms with Crippen LogP contribution in [0.3, 0.4) is 0 Å². The van der Waals surface area contributed by atoms with Crippen molar-refractivity contribution in [2.75, 3.05) is 7.11 Å². The Hall–Kier alpha value is -1.39. The topological polar surface area (TPSA) is 66.8 Å². The Balaban J connectivity index is 3.57. The Kier molecular flexibility index (Phi) is 6.78. The molecule has 1 aromatic rings. The van der Waals surface area contributed by atoms with Crippen LogP contribution in [0, 0.1) is 0 Å². The average Bonchev–Trinajstić information content (AvgIpc) is 2.50. The maximum absolute atomic E-state index is 11.6. The van der Waals surface area contributed by atoms with E-state index in [2.05, 4.69) is 30.7 Å². The Morgan fingerprint density at radius 1 is 0.913 bits per heavy atom. The number of methoxy groups -OCH3 is 1. The van der Waals surface area contributed by atoms with Crippen LogP contribution in [0.15, 0.2) is 12.1 Å². The van der Waals surface area contributed by atoms with Gasteiger partial charge in [0.25, 0.3) is 0 Å². The van der Waals surface area contributed by atoms with Gasteiger partial charge in [-0.2, -0.15) is 0 Å². The van der Waals surface area contributed by atoms with Crippen LogP contribution in [0.25, 0.3) is 0 Å². The number of aliphatic hydroxyl groups excluding tert-OH is 2. The van der Waals surface area contributed by atoms with Crippen LogP contribution < -0.4 is 0 Å². The van der Waals surface area contributed by atoms with Crippen molar-refractivity contribution in [2.45, 2.75) is 71.5 Å². The summed E-state index contributed by atoms with van der Waals surface area (Å²) >= 11 is 0. The first kappa shape index (κ1) is 19.7. The van der Waals surface area contributed by atoms with Crippen molar-refractivity contribution in [2.24, 2.45) is 0 Å². The second-order valence-electron chi connectivity index (χ2n) is 6.99. The smallest absolute Gasteiger partial charge is 0.337 e. The lowest BCUT2D eigenvalue weighted by Crippen LogP contribution is -2.30. The number of carbonyl (C=O) groups is 1. The van der Waals surface area contributed by atoms with Gasteiger partial charge in [0, 0.05) is 0 Å². The Morgan fingerprint density at radius 2 is 1.35 bits per heavy atom. The quantitative estimate of drug-likeness (QED) is 0.785. The van der Waals surface area contributed by atoms with Gasteiger partial charge in [0.05, 0.1) is 7.11 Å². The molecule has 4 heteroatoms. The molecule has 0 radical (unpaired) electrons. The van der Waals surface area contributed by atoms with E-state index in [-0.39, 0.29) is 11.8 Å². The molecule has 0 aliphatic carbocycles. The van der Waals surface area contributed by atoms with Gasteiger partial charge in [0.15, 0.2) is 6.10 Å². The number of hydrogen-bond acceptors (Lipinski definition) is 4. The minimum absolute atomic E-state index is 0.167. The van der Waals surface area contributed by atoms with Crippen molar-refractivity contribution in [3.63, 3.8) is 0 Å². The van der Waals surface area contributed by atoms with Crippen LogP contribution >= 0.6 is 0 Å². The largest absolute Gasteiger partial charge is 0.467 e. The third-order valence-electron chi connectivity index (χ3n) is 4.21. The summed E-state index contributed by atoms with van der Waals surface area (Å²) in [6.07, 6.45) is -2.88. The number of benzene rings is 1. The minimum atomic E-state index is -1.58. The van der Waals surface area contributed by atoms with Crippen molar-refractivity contribution in [1.29, 1.82) is 0 Å². The Bertz CT molecular complexity index is 517. The van der Waals surface area contributed by atoms with Gasteiger partial charge in [-0.15, -0.1) is 0 Å². The van der Waals surface area contributed by atoms with Gasteiger partial charge in [-0.1, -0.05) is 53.7 Å². The molecule has 0 aromatic heterocycles. The number of aliphatic hydroxyl groups is 2. The fraction of sp³-hybridized carbons (Fsp3) is 0.632. The van der Waals surface area contributed by atoms with Crippen LogP contribution in [-0.2, 0) is 9.53 Å². The SMILES string of the molecule is COC(=O)C(O)C(O)c1c(C(C)C)cc(C(C)C)cc1C(C)C. The predicted molar refractivity (Wildman–Crippen MR) is 91.7 cm³/mol. The van der Waals surface area contributed by atoms with Crippen LogP contribution in [0.2, 0.25) is 0 Å². The van der Waals surface area contributed by atoms with E-state index in [0.29, 0.717) is 11.5 Å². The molecule has 23 heavy (non-hydrogen) atoms. The van der Waals surface area contributed by atoms with Gasteiger partial charge in [-0.05, 0) is 40.0 Å². The molecule has 130 valence electrons. The first-order valence-electron chi connectivity index (χ1n) is 8.23. The van der Waals surface area contributed by atoms with Crippen LogP contribution in [0.1, 0.15) is 87.7 Å². The van der Waals surface area contributed by atoms with Gasteiger partial charge < -0.3 is 14.9 Å². The number of carbonyl (C=O) groups excluding carboxylic acids is 1. The van der Waals surface area contributed by atoms with E-state index in [1.807, 2.05) is 27.7 Å². The Morgan fingerprint density at radius 3 is 1.65 bits per heavy atom. The first-order chi connectivity index (χ1) is 10.6. The molecule has 0 aliphatic heterocycles. The highest BCUT2D eigenvalue weighted by molar-refractivity contribution is 5.75. The van der Waals surface area contributed by atoms with E-state index in [1.165, 1.54) is 12.7 Å². The van der Waals surface area contributed by atoms with Crippen LogP contribution in [0.4, 0.5) is 0 Å². The molecule has 2 N–H and O–H groups in total. The number of hydrogen-bond donors (Lipinski definition) is 2. The van der Waals surface area contributed by atoms with Crippen molar-refractivity contribution >= 4 is 5.97 Å². The summed E-state index contributed by atoms with van der Waals surface area (Å²) in [5, 5.41) is 20.7. The predicted octanol–water partition coefficient (Wildman–Crippen LogP) is 3.62. The highest BCUT2D eigenvalue weighted by Gasteiger charge is 2.31. The average molecular weight is 322 g/mol. The number of rotatable bonds is 6. The van der Waals surface area contributed by atoms with E-state index in [9.17, 15) is 15.0 Å². The van der Waals surface area contributed by atoms with E-state index < -0.39 is 18.2 Å². The standard InChI is InChI=1S/C19H30O4/c1-10(2)13-8-14(11(3)4)16(15(9-13)12(5)6)17(20)18(21)19(22)23-7/h8-12,17-18,20-21H,1-7H3. The second-order valence-corrected chi connectivity index (χ2v) is 6.99. The zero-order valence-electron chi connectivity index (χ0n) is 15.3. The van der Waals surface area contributed by atoms with Gasteiger partial charge in [-0.3, -0.25) is 0 Å². The summed E-state index contributed by atoms with van der Waals surface area (Å²) in [4.78, 5) is 11.6. The monoisotopic (exact) mass is 322 g/mol. The molecule has 0 fully saturated rings. The maximum Gasteiger partial charge on any atom is 0.337 e. The molecule has 4 nitrogen and oxygen atoms in total. The molecule has 0 saturated heterocycles. The molecular formula is C19H30O4. The molecule has 0 heterocycles. The summed E-state index contributed by atoms with van der Waals surface area (Å²) in [5.74, 6) is -0.127. The highest BCUT2D eigenvalue weighted by Crippen LogP contribution is 2.36. The summed E-state index contributed by atoms with van der Waals surface area (Å²) in [5.41, 5.74) is 3.78. The third kappa shape index (κ3) is 4.33. The lowest BCUT2D eigenvalue weighted by molar-refractivity contribution is -0.156. The third-order valence-corrected chi connectivity index (χ3v) is 4.21. The fourth-order valence-electron chi connectivity index (χ4n) is 2.76. The lowest BCUT2D eigenvalue weighted by atomic mass is 9.81. The normalized spacial score (nSPS) is 14.4. The maximum atomic E-state index is 11.6. The van der Waals surface area contributed by atoms with Gasteiger partial charge in [0.1, 0.15) is 6.10 Å². The minimum Gasteiger partial charge on any atom is -0.467 e. The van der Waals surface area contributed by atoms with Crippen molar-refractivity contribution in [1.82, 2.24) is 0 Å². The van der Waals surface area contributed by atoms with Gasteiger partial charge >= 0.3 is 5.97 Å². The van der Waals surface area contributed by atoms with E-state index in [0.717, 1.165) is 11.1 Å². The molecule has 0 amide bonds. The summed E-state index contributed by atoms with van der Waals surface area (Å²) < 4.78 is 4.57. The first-order valence-corrected chi connectivity index (χ1v) is 8.23. The molecule has 1 rings (SSSR count). The van der Waals surface area contributed by atoms with Crippen molar-refractivity contribution in [3.05, 3.63) is 34.4 Å². The van der Waals surface area contributed by atoms with E-state index in [4.69, 9.17) is 0 Å². The zero-order chi connectivity index (χ0) is 17.9. The molecule has 0 bridgehead atoms. The number of ether oxygens (including phenoxy) is 1. The fourth-order valence-corrected chi connectivity index (χ4v) is 2.76. The Labute approximate surface area is 139 Å². The molecule has 2 unspecified atom stereocenters. The summed E-state index contributed by atoms with van der Waals surface area (Å²) in [6, 6.07) is 4.15. The molecule has 1 aromatic carbocycles. The van der Waals surface area contributed by atoms with E-state index in [1.54, 1.807) is 0 Å². The van der Waals surface area contributed by atoms with Crippen molar-refractivity contribution in [3.8, 4) is 0 Å². The summed E-state index contributed by atoms with van der Waals surface area (Å²) in [7, 11) is 1.20. The van der Waals surface area contributed by atoms with E-state index >= 15 is 0 Å². The van der Waals surface area contributed by atoms with Crippen LogP contribution in [0.5, 0.6) is 0 Å². The summed E-state index contributed by atoms with van der Waals surface area (Å²) in [6.45, 7) is 12.4. The van der Waals surface area contributed by atoms with Crippen molar-refractivity contribution < 1.29 is 19.7 Å². The lowest BCUT2D eigenvalue weighted by Gasteiger charge is -2.27. The molecular weight excluding hydrogens is 292 g/mol. The molecule has 0 spiro atoms. The van der Waals surface area contributed by atoms with Crippen LogP contribution in [-0.4, -0.2) is 29.4 Å². The second kappa shape index (κ2) is 7.93. The molecule has 2 atom stereocenters. The highest BCUT2D eigenvalue weighted by atomic mass is 16.5. The molecule has 0 saturated carbocycles. The van der Waals surface area contributed by atoms with Gasteiger partial charge in [0.2, 0.25) is 0 Å². The molecule has 0 aliphatic rings.